The molecule has 9 nitrogen and oxygen atoms in total. The van der Waals surface area contributed by atoms with Gasteiger partial charge in [-0.25, -0.2) is 25.3 Å². The van der Waals surface area contributed by atoms with Crippen molar-refractivity contribution in [1.82, 2.24) is 0 Å². The second-order valence-electron chi connectivity index (χ2n) is 13.3. The van der Waals surface area contributed by atoms with Crippen LogP contribution in [0.15, 0.2) is 0 Å². The molecule has 0 aliphatic carbocycles. The molecule has 0 aromatic rings. The van der Waals surface area contributed by atoms with Crippen molar-refractivity contribution >= 4 is 30.4 Å². The molecule has 0 fully saturated rings. The van der Waals surface area contributed by atoms with E-state index in [9.17, 15) is 38.9 Å². The maximum Gasteiger partial charge on any atom is 3.00 e. The van der Waals surface area contributed by atoms with Gasteiger partial charge >= 0.3 is 35.6 Å². The Morgan fingerprint density at radius 3 is 0.510 bits per heavy atom. The van der Waals surface area contributed by atoms with Crippen LogP contribution in [-0.2, 0) is 30.4 Å². The minimum absolute atomic E-state index is 0. The van der Waals surface area contributed by atoms with Crippen molar-refractivity contribution in [3.63, 3.8) is 0 Å². The van der Waals surface area contributed by atoms with Crippen LogP contribution < -0.4 is 0 Å². The predicted octanol–water partition coefficient (Wildman–Crippen LogP) is 10.4. The zero-order valence-electron chi connectivity index (χ0n) is 31.8. The van der Waals surface area contributed by atoms with Crippen molar-refractivity contribution in [2.45, 2.75) is 213 Å². The molecule has 0 bridgehead atoms. The van der Waals surface area contributed by atoms with Crippen molar-refractivity contribution in [2.75, 3.05) is 17.3 Å². The average molecular weight is 887 g/mol. The third kappa shape index (κ3) is 67.6. The Hall–Kier alpha value is 0.925. The molecule has 294 valence electrons. The van der Waals surface area contributed by atoms with Crippen LogP contribution >= 0.6 is 0 Å². The summed E-state index contributed by atoms with van der Waals surface area (Å²) in [7, 11) is -11.9. The largest absolute Gasteiger partial charge is 3.00 e. The quantitative estimate of drug-likeness (QED) is 0.0459. The summed E-state index contributed by atoms with van der Waals surface area (Å²) in [6.45, 7) is 6.64. The maximum atomic E-state index is 10.3. The Balaban J connectivity index is -0.000000307. The Kier molecular flexibility index (Phi) is 48.2. The minimum Gasteiger partial charge on any atom is -0.748 e. The van der Waals surface area contributed by atoms with Gasteiger partial charge in [0.05, 0.1) is 30.4 Å². The summed E-state index contributed by atoms with van der Waals surface area (Å²) < 4.78 is 92.8. The van der Waals surface area contributed by atoms with Gasteiger partial charge in [0.1, 0.15) is 0 Å². The van der Waals surface area contributed by atoms with Crippen LogP contribution in [0.25, 0.3) is 0 Å². The number of hydrogen-bond acceptors (Lipinski definition) is 9. The molecule has 0 amide bonds. The minimum atomic E-state index is -3.98. The van der Waals surface area contributed by atoms with E-state index in [1.54, 1.807) is 0 Å². The summed E-state index contributed by atoms with van der Waals surface area (Å²) in [5.74, 6) is -0.573. The first-order valence-corrected chi connectivity index (χ1v) is 24.2. The molecule has 0 saturated carbocycles. The standard InChI is InChI=1S/3C12H26O3S.La/c3*1-2-3-4-5-6-7-8-9-10-11-12-16(13,14)15;/h3*2-12H2,1H3,(H,13,14,15);/q;;;+3/p-3. The molecule has 0 N–H and O–H groups in total. The summed E-state index contributed by atoms with van der Waals surface area (Å²) in [4.78, 5) is 0. The van der Waals surface area contributed by atoms with E-state index in [-0.39, 0.29) is 52.9 Å². The van der Waals surface area contributed by atoms with Crippen LogP contribution in [0.3, 0.4) is 0 Å². The molecule has 0 heterocycles. The fourth-order valence-electron chi connectivity index (χ4n) is 5.30. The molecule has 0 rings (SSSR count). The van der Waals surface area contributed by atoms with Gasteiger partial charge in [0.25, 0.3) is 0 Å². The monoisotopic (exact) mass is 886 g/mol. The molecule has 0 aromatic carbocycles. The molecular weight excluding hydrogens is 811 g/mol. The Bertz CT molecular complexity index is 835. The van der Waals surface area contributed by atoms with Crippen LogP contribution in [0.2, 0.25) is 0 Å². The first-order chi connectivity index (χ1) is 22.7. The van der Waals surface area contributed by atoms with Crippen LogP contribution in [0.1, 0.15) is 213 Å². The Morgan fingerprint density at radius 1 is 0.265 bits per heavy atom. The molecule has 0 radical (unpaired) electrons. The Morgan fingerprint density at radius 2 is 0.388 bits per heavy atom. The Labute approximate surface area is 333 Å². The molecule has 49 heavy (non-hydrogen) atoms. The molecule has 0 unspecified atom stereocenters. The van der Waals surface area contributed by atoms with E-state index >= 15 is 0 Å². The number of unbranched alkanes of at least 4 members (excludes halogenated alkanes) is 27. The summed E-state index contributed by atoms with van der Waals surface area (Å²) in [6.07, 6.45) is 34.3. The fourth-order valence-corrected chi connectivity index (χ4v) is 6.97. The van der Waals surface area contributed by atoms with Gasteiger partial charge in [-0.15, -0.1) is 0 Å². The van der Waals surface area contributed by atoms with Crippen molar-refractivity contribution in [3.05, 3.63) is 0 Å². The van der Waals surface area contributed by atoms with Crippen LogP contribution in [0.5, 0.6) is 0 Å². The third-order valence-corrected chi connectivity index (χ3v) is 10.6. The summed E-state index contributed by atoms with van der Waals surface area (Å²) in [5, 5.41) is 0. The van der Waals surface area contributed by atoms with Gasteiger partial charge in [0.15, 0.2) is 0 Å². The number of rotatable bonds is 33. The zero-order chi connectivity index (χ0) is 36.8. The normalized spacial score (nSPS) is 11.6. The van der Waals surface area contributed by atoms with E-state index in [2.05, 4.69) is 20.8 Å². The van der Waals surface area contributed by atoms with E-state index < -0.39 is 30.4 Å². The second kappa shape index (κ2) is 41.7. The van der Waals surface area contributed by atoms with Crippen LogP contribution in [-0.4, -0.2) is 56.2 Å². The summed E-state index contributed by atoms with van der Waals surface area (Å²) in [6, 6.07) is 0. The van der Waals surface area contributed by atoms with E-state index in [1.807, 2.05) is 0 Å². The first kappa shape index (κ1) is 56.7. The van der Waals surface area contributed by atoms with Crippen molar-refractivity contribution in [2.24, 2.45) is 0 Å². The van der Waals surface area contributed by atoms with Crippen LogP contribution in [0.4, 0.5) is 0 Å². The van der Waals surface area contributed by atoms with Gasteiger partial charge in [-0.3, -0.25) is 0 Å². The van der Waals surface area contributed by atoms with E-state index in [1.165, 1.54) is 135 Å². The molecule has 0 aromatic heterocycles. The van der Waals surface area contributed by atoms with Gasteiger partial charge in [0.2, 0.25) is 0 Å². The van der Waals surface area contributed by atoms with E-state index in [0.717, 1.165) is 38.5 Å². The molecular formula is C36H75LaO9S3. The molecule has 0 aliphatic heterocycles. The number of hydrogen-bond donors (Lipinski definition) is 0. The van der Waals surface area contributed by atoms with Crippen molar-refractivity contribution < 1.29 is 74.5 Å². The fraction of sp³-hybridized carbons (Fsp3) is 1.00. The third-order valence-electron chi connectivity index (χ3n) is 8.24. The van der Waals surface area contributed by atoms with E-state index in [0.29, 0.717) is 19.3 Å². The second-order valence-corrected chi connectivity index (χ2v) is 17.9. The smallest absolute Gasteiger partial charge is 0.748 e. The van der Waals surface area contributed by atoms with Gasteiger partial charge in [-0.2, -0.15) is 0 Å². The van der Waals surface area contributed by atoms with Gasteiger partial charge < -0.3 is 13.7 Å². The topological polar surface area (TPSA) is 172 Å². The SMILES string of the molecule is CCCCCCCCCCCCS(=O)(=O)[O-].CCCCCCCCCCCCS(=O)(=O)[O-].CCCCCCCCCCCCS(=O)(=O)[O-].[La+3]. The van der Waals surface area contributed by atoms with Gasteiger partial charge in [0, 0.05) is 17.3 Å². The summed E-state index contributed by atoms with van der Waals surface area (Å²) >= 11 is 0. The van der Waals surface area contributed by atoms with Gasteiger partial charge in [-0.05, 0) is 19.3 Å². The molecule has 0 atom stereocenters. The first-order valence-electron chi connectivity index (χ1n) is 19.5. The van der Waals surface area contributed by atoms with Gasteiger partial charge in [-0.1, -0.05) is 194 Å². The van der Waals surface area contributed by atoms with Crippen molar-refractivity contribution in [1.29, 1.82) is 0 Å². The molecule has 0 spiro atoms. The average Bonchev–Trinajstić information content (AvgIpc) is 2.99. The molecule has 0 saturated heterocycles. The van der Waals surface area contributed by atoms with E-state index in [4.69, 9.17) is 0 Å². The predicted molar refractivity (Wildman–Crippen MR) is 199 cm³/mol. The summed E-state index contributed by atoms with van der Waals surface area (Å²) in [5.41, 5.74) is 0. The van der Waals surface area contributed by atoms with Crippen LogP contribution in [0, 0.1) is 35.6 Å². The molecule has 0 aliphatic rings. The van der Waals surface area contributed by atoms with Crippen molar-refractivity contribution in [3.8, 4) is 0 Å². The zero-order valence-corrected chi connectivity index (χ0v) is 37.9. The molecule has 13 heteroatoms. The maximum absolute atomic E-state index is 10.3.